The predicted molar refractivity (Wildman–Crippen MR) is 60.6 cm³/mol. The first-order valence-corrected chi connectivity index (χ1v) is 5.35. The topological polar surface area (TPSA) is 38.3 Å². The fourth-order valence-corrected chi connectivity index (χ4v) is 1.42. The highest BCUT2D eigenvalue weighted by atomic mass is 19.1. The summed E-state index contributed by atoms with van der Waals surface area (Å²) in [6, 6.07) is 0.578. The van der Waals surface area contributed by atoms with Gasteiger partial charge in [0.15, 0.2) is 11.6 Å². The van der Waals surface area contributed by atoms with Gasteiger partial charge in [0.05, 0.1) is 13.0 Å². The van der Waals surface area contributed by atoms with E-state index in [-0.39, 0.29) is 0 Å². The molecule has 0 saturated heterocycles. The predicted octanol–water partition coefficient (Wildman–Crippen LogP) is 2.71. The monoisotopic (exact) mass is 261 g/mol. The SMILES string of the molecule is COC(=O)C(C)C(C)Nc1c(F)cc(F)cc1F. The van der Waals surface area contributed by atoms with Crippen molar-refractivity contribution in [2.45, 2.75) is 19.9 Å². The molecule has 100 valence electrons. The zero-order valence-corrected chi connectivity index (χ0v) is 10.3. The van der Waals surface area contributed by atoms with Crippen molar-refractivity contribution < 1.29 is 22.7 Å². The van der Waals surface area contributed by atoms with Crippen LogP contribution in [0.15, 0.2) is 12.1 Å². The number of nitrogens with one attached hydrogen (secondary N) is 1. The number of methoxy groups -OCH3 is 1. The summed E-state index contributed by atoms with van der Waals surface area (Å²) in [5.74, 6) is -4.19. The van der Waals surface area contributed by atoms with Crippen molar-refractivity contribution in [3.63, 3.8) is 0 Å². The zero-order valence-electron chi connectivity index (χ0n) is 10.3. The molecule has 1 aromatic rings. The van der Waals surface area contributed by atoms with Crippen molar-refractivity contribution in [1.29, 1.82) is 0 Å². The normalized spacial score (nSPS) is 13.9. The van der Waals surface area contributed by atoms with Crippen molar-refractivity contribution in [3.8, 4) is 0 Å². The molecule has 1 N–H and O–H groups in total. The summed E-state index contributed by atoms with van der Waals surface area (Å²) >= 11 is 0. The summed E-state index contributed by atoms with van der Waals surface area (Å²) < 4.78 is 43.9. The number of halogens is 3. The molecule has 1 rings (SSSR count). The Morgan fingerprint density at radius 1 is 1.22 bits per heavy atom. The summed E-state index contributed by atoms with van der Waals surface area (Å²) in [5.41, 5.74) is -0.459. The van der Waals surface area contributed by atoms with Gasteiger partial charge in [0.1, 0.15) is 11.5 Å². The molecule has 6 heteroatoms. The Hall–Kier alpha value is -1.72. The van der Waals surface area contributed by atoms with Crippen LogP contribution in [0.4, 0.5) is 18.9 Å². The van der Waals surface area contributed by atoms with Crippen molar-refractivity contribution in [1.82, 2.24) is 0 Å². The molecule has 18 heavy (non-hydrogen) atoms. The molecule has 0 spiro atoms. The molecule has 0 aliphatic rings. The van der Waals surface area contributed by atoms with E-state index in [2.05, 4.69) is 10.1 Å². The van der Waals surface area contributed by atoms with Crippen molar-refractivity contribution in [2.24, 2.45) is 5.92 Å². The number of hydrogen-bond donors (Lipinski definition) is 1. The Bertz CT molecular complexity index is 428. The van der Waals surface area contributed by atoms with E-state index in [1.165, 1.54) is 7.11 Å². The minimum atomic E-state index is -1.04. The van der Waals surface area contributed by atoms with Crippen LogP contribution in [0, 0.1) is 23.4 Å². The largest absolute Gasteiger partial charge is 0.469 e. The summed E-state index contributed by atoms with van der Waals surface area (Å²) in [6.07, 6.45) is 0. The third kappa shape index (κ3) is 3.15. The van der Waals surface area contributed by atoms with Crippen molar-refractivity contribution in [3.05, 3.63) is 29.6 Å². The second-order valence-corrected chi connectivity index (χ2v) is 3.99. The number of rotatable bonds is 4. The molecule has 0 bridgehead atoms. The number of benzene rings is 1. The van der Waals surface area contributed by atoms with Crippen LogP contribution in [0.3, 0.4) is 0 Å². The second kappa shape index (κ2) is 5.75. The highest BCUT2D eigenvalue weighted by molar-refractivity contribution is 5.73. The van der Waals surface area contributed by atoms with Crippen LogP contribution in [0.2, 0.25) is 0 Å². The molecular formula is C12H14F3NO2. The Morgan fingerprint density at radius 3 is 2.17 bits per heavy atom. The van der Waals surface area contributed by atoms with Gasteiger partial charge in [-0.3, -0.25) is 4.79 Å². The van der Waals surface area contributed by atoms with Gasteiger partial charge in [-0.25, -0.2) is 13.2 Å². The maximum atomic E-state index is 13.4. The van der Waals surface area contributed by atoms with Crippen LogP contribution in [0.5, 0.6) is 0 Å². The Balaban J connectivity index is 2.88. The van der Waals surface area contributed by atoms with Crippen molar-refractivity contribution >= 4 is 11.7 Å². The van der Waals surface area contributed by atoms with Crippen LogP contribution in [-0.4, -0.2) is 19.1 Å². The van der Waals surface area contributed by atoms with Gasteiger partial charge in [-0.05, 0) is 13.8 Å². The van der Waals surface area contributed by atoms with Gasteiger partial charge in [0, 0.05) is 18.2 Å². The van der Waals surface area contributed by atoms with Gasteiger partial charge in [-0.2, -0.15) is 0 Å². The lowest BCUT2D eigenvalue weighted by atomic mass is 10.0. The molecule has 2 atom stereocenters. The van der Waals surface area contributed by atoms with E-state index < -0.39 is 41.1 Å². The average molecular weight is 261 g/mol. The van der Waals surface area contributed by atoms with Gasteiger partial charge in [0.25, 0.3) is 0 Å². The molecule has 0 amide bonds. The third-order valence-electron chi connectivity index (χ3n) is 2.70. The molecule has 0 aliphatic heterocycles. The van der Waals surface area contributed by atoms with E-state index in [0.717, 1.165) is 0 Å². The van der Waals surface area contributed by atoms with Crippen LogP contribution in [0.25, 0.3) is 0 Å². The highest BCUT2D eigenvalue weighted by Crippen LogP contribution is 2.22. The molecule has 0 aromatic heterocycles. The van der Waals surface area contributed by atoms with E-state index in [1.54, 1.807) is 13.8 Å². The maximum absolute atomic E-state index is 13.4. The molecule has 0 aliphatic carbocycles. The minimum absolute atomic E-state index is 0.459. The Kier molecular flexibility index (Phi) is 4.58. The highest BCUT2D eigenvalue weighted by Gasteiger charge is 2.23. The maximum Gasteiger partial charge on any atom is 0.310 e. The summed E-state index contributed by atoms with van der Waals surface area (Å²) in [4.78, 5) is 11.3. The lowest BCUT2D eigenvalue weighted by Crippen LogP contribution is -2.31. The third-order valence-corrected chi connectivity index (χ3v) is 2.70. The Morgan fingerprint density at radius 2 is 1.72 bits per heavy atom. The summed E-state index contributed by atoms with van der Waals surface area (Å²) in [7, 11) is 1.23. The molecule has 0 radical (unpaired) electrons. The van der Waals surface area contributed by atoms with Crippen LogP contribution < -0.4 is 5.32 Å². The molecule has 2 unspecified atom stereocenters. The molecule has 1 aromatic carbocycles. The number of anilines is 1. The fraction of sp³-hybridized carbons (Fsp3) is 0.417. The fourth-order valence-electron chi connectivity index (χ4n) is 1.42. The molecule has 3 nitrogen and oxygen atoms in total. The van der Waals surface area contributed by atoms with Crippen LogP contribution in [-0.2, 0) is 9.53 Å². The van der Waals surface area contributed by atoms with E-state index in [0.29, 0.717) is 12.1 Å². The quantitative estimate of drug-likeness (QED) is 0.847. The lowest BCUT2D eigenvalue weighted by molar-refractivity contribution is -0.145. The lowest BCUT2D eigenvalue weighted by Gasteiger charge is -2.21. The summed E-state index contributed by atoms with van der Waals surface area (Å²) in [5, 5.41) is 2.50. The molecule has 0 heterocycles. The molecular weight excluding hydrogens is 247 g/mol. The molecule has 0 fully saturated rings. The smallest absolute Gasteiger partial charge is 0.310 e. The van der Waals surface area contributed by atoms with E-state index >= 15 is 0 Å². The van der Waals surface area contributed by atoms with E-state index in [9.17, 15) is 18.0 Å². The van der Waals surface area contributed by atoms with E-state index in [1.807, 2.05) is 0 Å². The minimum Gasteiger partial charge on any atom is -0.469 e. The first kappa shape index (κ1) is 14.3. The number of hydrogen-bond acceptors (Lipinski definition) is 3. The number of carbonyl (C=O) groups excluding carboxylic acids is 1. The number of esters is 1. The first-order chi connectivity index (χ1) is 8.36. The average Bonchev–Trinajstić information content (AvgIpc) is 2.31. The van der Waals surface area contributed by atoms with Crippen molar-refractivity contribution in [2.75, 3.05) is 12.4 Å². The van der Waals surface area contributed by atoms with Gasteiger partial charge >= 0.3 is 5.97 Å². The summed E-state index contributed by atoms with van der Waals surface area (Å²) in [6.45, 7) is 3.13. The van der Waals surface area contributed by atoms with Crippen LogP contribution >= 0.6 is 0 Å². The standard InChI is InChI=1S/C12H14F3NO2/c1-6(12(17)18-3)7(2)16-11-9(14)4-8(13)5-10(11)15/h4-7,16H,1-3H3. The van der Waals surface area contributed by atoms with Gasteiger partial charge in [-0.15, -0.1) is 0 Å². The number of carbonyl (C=O) groups is 1. The zero-order chi connectivity index (χ0) is 13.9. The first-order valence-electron chi connectivity index (χ1n) is 5.35. The van der Waals surface area contributed by atoms with Gasteiger partial charge < -0.3 is 10.1 Å². The molecule has 0 saturated carbocycles. The van der Waals surface area contributed by atoms with E-state index in [4.69, 9.17) is 0 Å². The number of ether oxygens (including phenoxy) is 1. The van der Waals surface area contributed by atoms with Gasteiger partial charge in [-0.1, -0.05) is 0 Å². The van der Waals surface area contributed by atoms with Gasteiger partial charge in [0.2, 0.25) is 0 Å². The second-order valence-electron chi connectivity index (χ2n) is 3.99. The Labute approximate surface area is 103 Å². The van der Waals surface area contributed by atoms with Crippen LogP contribution in [0.1, 0.15) is 13.8 Å².